The van der Waals surface area contributed by atoms with Gasteiger partial charge < -0.3 is 8.83 Å². The SMILES string of the molecule is O=Cc1ccc(Sc2nnc(C(F)(F)F)o2)o1. The maximum atomic E-state index is 12.1. The highest BCUT2D eigenvalue weighted by molar-refractivity contribution is 7.99. The van der Waals surface area contributed by atoms with Crippen LogP contribution in [-0.2, 0) is 6.18 Å². The average molecular weight is 264 g/mol. The number of aromatic nitrogens is 2. The molecule has 0 aromatic carbocycles. The lowest BCUT2D eigenvalue weighted by molar-refractivity contribution is -0.158. The van der Waals surface area contributed by atoms with E-state index in [9.17, 15) is 18.0 Å². The van der Waals surface area contributed by atoms with Crippen molar-refractivity contribution in [3.63, 3.8) is 0 Å². The molecule has 0 atom stereocenters. The largest absolute Gasteiger partial charge is 0.470 e. The second-order valence-corrected chi connectivity index (χ2v) is 3.70. The smallest absolute Gasteiger partial charge is 0.447 e. The fourth-order valence-corrected chi connectivity index (χ4v) is 1.55. The van der Waals surface area contributed by atoms with Gasteiger partial charge in [0.15, 0.2) is 17.1 Å². The van der Waals surface area contributed by atoms with Crippen LogP contribution < -0.4 is 0 Å². The molecule has 0 saturated carbocycles. The molecule has 0 aliphatic heterocycles. The Bertz CT molecular complexity index is 534. The first-order chi connectivity index (χ1) is 7.99. The van der Waals surface area contributed by atoms with E-state index in [-0.39, 0.29) is 16.1 Å². The zero-order chi connectivity index (χ0) is 12.5. The molecule has 2 heterocycles. The molecule has 0 amide bonds. The molecule has 0 spiro atoms. The lowest BCUT2D eigenvalue weighted by Gasteiger charge is -1.96. The molecule has 0 unspecified atom stereocenters. The van der Waals surface area contributed by atoms with Crippen molar-refractivity contribution in [2.24, 2.45) is 0 Å². The fraction of sp³-hybridized carbons (Fsp3) is 0.125. The molecular weight excluding hydrogens is 261 g/mol. The first-order valence-electron chi connectivity index (χ1n) is 4.12. The van der Waals surface area contributed by atoms with Gasteiger partial charge in [-0.2, -0.15) is 13.2 Å². The van der Waals surface area contributed by atoms with E-state index in [1.807, 2.05) is 0 Å². The molecule has 5 nitrogen and oxygen atoms in total. The number of halogens is 3. The van der Waals surface area contributed by atoms with E-state index in [4.69, 9.17) is 4.42 Å². The first kappa shape index (κ1) is 11.7. The summed E-state index contributed by atoms with van der Waals surface area (Å²) >= 11 is 0.695. The van der Waals surface area contributed by atoms with Crippen molar-refractivity contribution >= 4 is 18.0 Å². The molecule has 0 aliphatic rings. The Balaban J connectivity index is 2.14. The molecule has 0 fully saturated rings. The standard InChI is InChI=1S/C8H3F3N2O3S/c9-8(10,11)6-12-13-7(16-6)17-5-2-1-4(3-14)15-5/h1-3H. The number of nitrogens with zero attached hydrogens (tertiary/aromatic N) is 2. The summed E-state index contributed by atoms with van der Waals surface area (Å²) in [4.78, 5) is 10.3. The number of alkyl halides is 3. The van der Waals surface area contributed by atoms with Crippen LogP contribution in [0.5, 0.6) is 0 Å². The second-order valence-electron chi connectivity index (χ2n) is 2.75. The zero-order valence-electron chi connectivity index (χ0n) is 7.89. The molecule has 2 aromatic heterocycles. The predicted molar refractivity (Wildman–Crippen MR) is 47.5 cm³/mol. The third-order valence-corrected chi connectivity index (χ3v) is 2.32. The van der Waals surface area contributed by atoms with Gasteiger partial charge in [0.25, 0.3) is 5.22 Å². The molecule has 90 valence electrons. The van der Waals surface area contributed by atoms with Gasteiger partial charge in [0, 0.05) is 11.8 Å². The van der Waals surface area contributed by atoms with Crippen molar-refractivity contribution in [2.75, 3.05) is 0 Å². The highest BCUT2D eigenvalue weighted by Gasteiger charge is 2.38. The molecule has 0 N–H and O–H groups in total. The van der Waals surface area contributed by atoms with Crippen LogP contribution in [0.1, 0.15) is 16.4 Å². The quantitative estimate of drug-likeness (QED) is 0.794. The minimum Gasteiger partial charge on any atom is -0.447 e. The van der Waals surface area contributed by atoms with E-state index in [1.54, 1.807) is 0 Å². The maximum Gasteiger partial charge on any atom is 0.470 e. The summed E-state index contributed by atoms with van der Waals surface area (Å²) in [7, 11) is 0. The predicted octanol–water partition coefficient (Wildman–Crippen LogP) is 2.65. The minimum atomic E-state index is -4.68. The van der Waals surface area contributed by atoms with E-state index < -0.39 is 12.1 Å². The van der Waals surface area contributed by atoms with Gasteiger partial charge in [0.1, 0.15) is 0 Å². The summed E-state index contributed by atoms with van der Waals surface area (Å²) in [6.07, 6.45) is -4.21. The summed E-state index contributed by atoms with van der Waals surface area (Å²) in [5.74, 6) is -1.37. The maximum absolute atomic E-state index is 12.1. The molecular formula is C8H3F3N2O3S. The lowest BCUT2D eigenvalue weighted by atomic mass is 10.5. The van der Waals surface area contributed by atoms with Crippen LogP contribution in [0, 0.1) is 0 Å². The second kappa shape index (κ2) is 4.24. The van der Waals surface area contributed by atoms with Gasteiger partial charge in [-0.1, -0.05) is 0 Å². The van der Waals surface area contributed by atoms with E-state index in [0.29, 0.717) is 18.0 Å². The van der Waals surface area contributed by atoms with Crippen LogP contribution in [-0.4, -0.2) is 16.5 Å². The number of carbonyl (C=O) groups excluding carboxylic acids is 1. The Hall–Kier alpha value is -1.77. The normalized spacial score (nSPS) is 11.7. The van der Waals surface area contributed by atoms with Gasteiger partial charge in [-0.15, -0.1) is 10.2 Å². The Morgan fingerprint density at radius 3 is 2.53 bits per heavy atom. The van der Waals surface area contributed by atoms with Gasteiger partial charge in [-0.25, -0.2) is 0 Å². The van der Waals surface area contributed by atoms with Gasteiger partial charge in [0.2, 0.25) is 0 Å². The van der Waals surface area contributed by atoms with E-state index in [2.05, 4.69) is 14.6 Å². The van der Waals surface area contributed by atoms with Crippen LogP contribution >= 0.6 is 11.8 Å². The first-order valence-corrected chi connectivity index (χ1v) is 4.94. The van der Waals surface area contributed by atoms with E-state index in [0.717, 1.165) is 0 Å². The Morgan fingerprint density at radius 1 is 1.24 bits per heavy atom. The Morgan fingerprint density at radius 2 is 2.00 bits per heavy atom. The number of rotatable bonds is 3. The third-order valence-electron chi connectivity index (χ3n) is 1.56. The molecule has 0 radical (unpaired) electrons. The molecule has 2 aromatic rings. The highest BCUT2D eigenvalue weighted by atomic mass is 32.2. The van der Waals surface area contributed by atoms with Crippen molar-refractivity contribution in [3.8, 4) is 0 Å². The molecule has 17 heavy (non-hydrogen) atoms. The van der Waals surface area contributed by atoms with Crippen molar-refractivity contribution in [2.45, 2.75) is 16.5 Å². The van der Waals surface area contributed by atoms with Gasteiger partial charge in [-0.05, 0) is 12.1 Å². The van der Waals surface area contributed by atoms with E-state index in [1.165, 1.54) is 12.1 Å². The number of hydrogen-bond acceptors (Lipinski definition) is 6. The highest BCUT2D eigenvalue weighted by Crippen LogP contribution is 2.33. The molecule has 9 heteroatoms. The van der Waals surface area contributed by atoms with Crippen molar-refractivity contribution in [1.82, 2.24) is 10.2 Å². The van der Waals surface area contributed by atoms with Crippen LogP contribution in [0.3, 0.4) is 0 Å². The third kappa shape index (κ3) is 2.67. The Labute approximate surface area is 96.0 Å². The fourth-order valence-electron chi connectivity index (χ4n) is 0.904. The topological polar surface area (TPSA) is 69.1 Å². The van der Waals surface area contributed by atoms with Crippen LogP contribution in [0.4, 0.5) is 13.2 Å². The average Bonchev–Trinajstić information content (AvgIpc) is 2.86. The van der Waals surface area contributed by atoms with E-state index >= 15 is 0 Å². The monoisotopic (exact) mass is 264 g/mol. The number of aldehydes is 1. The summed E-state index contributed by atoms with van der Waals surface area (Å²) in [5, 5.41) is 5.90. The summed E-state index contributed by atoms with van der Waals surface area (Å²) in [5.41, 5.74) is 0. The lowest BCUT2D eigenvalue weighted by Crippen LogP contribution is -2.04. The van der Waals surface area contributed by atoms with Crippen LogP contribution in [0.2, 0.25) is 0 Å². The number of hydrogen-bond donors (Lipinski definition) is 0. The van der Waals surface area contributed by atoms with Crippen LogP contribution in [0.25, 0.3) is 0 Å². The summed E-state index contributed by atoms with van der Waals surface area (Å²) in [6, 6.07) is 2.78. The molecule has 0 saturated heterocycles. The summed E-state index contributed by atoms with van der Waals surface area (Å²) < 4.78 is 45.7. The van der Waals surface area contributed by atoms with Gasteiger partial charge in [0.05, 0.1) is 0 Å². The Kier molecular flexibility index (Phi) is 2.92. The van der Waals surface area contributed by atoms with Crippen molar-refractivity contribution in [1.29, 1.82) is 0 Å². The van der Waals surface area contributed by atoms with Crippen molar-refractivity contribution in [3.05, 3.63) is 23.8 Å². The van der Waals surface area contributed by atoms with Crippen molar-refractivity contribution < 1.29 is 26.8 Å². The van der Waals surface area contributed by atoms with Gasteiger partial charge in [-0.3, -0.25) is 4.79 Å². The van der Waals surface area contributed by atoms with Crippen LogP contribution in [0.15, 0.2) is 31.3 Å². The molecule has 0 bridgehead atoms. The number of furan rings is 1. The van der Waals surface area contributed by atoms with Gasteiger partial charge >= 0.3 is 12.1 Å². The zero-order valence-corrected chi connectivity index (χ0v) is 8.71. The summed E-state index contributed by atoms with van der Waals surface area (Å²) in [6.45, 7) is 0. The number of carbonyl (C=O) groups is 1. The minimum absolute atomic E-state index is 0.0584. The molecule has 2 rings (SSSR count). The molecule has 0 aliphatic carbocycles.